The van der Waals surface area contributed by atoms with E-state index in [2.05, 4.69) is 13.8 Å². The highest BCUT2D eigenvalue weighted by molar-refractivity contribution is 4.79. The maximum atomic E-state index is 9.07. The number of hydrogen-bond donors (Lipinski definition) is 3. The first-order chi connectivity index (χ1) is 6.14. The molecular formula is C10H22O3. The van der Waals surface area contributed by atoms with Crippen molar-refractivity contribution in [3.8, 4) is 0 Å². The molecule has 80 valence electrons. The molecule has 0 aliphatic carbocycles. The van der Waals surface area contributed by atoms with Crippen molar-refractivity contribution in [1.82, 2.24) is 0 Å². The summed E-state index contributed by atoms with van der Waals surface area (Å²) < 4.78 is 0. The van der Waals surface area contributed by atoms with Gasteiger partial charge in [-0.2, -0.15) is 0 Å². The van der Waals surface area contributed by atoms with Crippen LogP contribution < -0.4 is 0 Å². The second kappa shape index (κ2) is 6.35. The molecule has 0 saturated heterocycles. The van der Waals surface area contributed by atoms with Gasteiger partial charge in [0.1, 0.15) is 0 Å². The lowest BCUT2D eigenvalue weighted by Crippen LogP contribution is -2.35. The van der Waals surface area contributed by atoms with Gasteiger partial charge < -0.3 is 15.3 Å². The summed E-state index contributed by atoms with van der Waals surface area (Å²) in [6.07, 6.45) is 2.85. The Hall–Kier alpha value is -0.120. The average Bonchev–Trinajstić information content (AvgIpc) is 2.15. The molecule has 0 aliphatic rings. The normalized spacial score (nSPS) is 14.5. The van der Waals surface area contributed by atoms with Gasteiger partial charge in [-0.3, -0.25) is 0 Å². The zero-order valence-corrected chi connectivity index (χ0v) is 8.66. The predicted molar refractivity (Wildman–Crippen MR) is 52.4 cm³/mol. The highest BCUT2D eigenvalue weighted by atomic mass is 16.3. The predicted octanol–water partition coefficient (Wildman–Crippen LogP) is 0.776. The molecule has 3 N–H and O–H groups in total. The summed E-state index contributed by atoms with van der Waals surface area (Å²) in [5.41, 5.74) is -0.686. The van der Waals surface area contributed by atoms with Gasteiger partial charge in [0.05, 0.1) is 19.8 Å². The van der Waals surface area contributed by atoms with E-state index in [0.29, 0.717) is 12.3 Å². The Morgan fingerprint density at radius 1 is 1.08 bits per heavy atom. The SMILES string of the molecule is CCCC(C)CC(CO)(CO)CO. The molecule has 0 aromatic carbocycles. The zero-order valence-electron chi connectivity index (χ0n) is 8.66. The number of aliphatic hydroxyl groups excluding tert-OH is 3. The summed E-state index contributed by atoms with van der Waals surface area (Å²) in [4.78, 5) is 0. The summed E-state index contributed by atoms with van der Waals surface area (Å²) in [7, 11) is 0. The second-order valence-electron chi connectivity index (χ2n) is 4.07. The molecule has 3 nitrogen and oxygen atoms in total. The fraction of sp³-hybridized carbons (Fsp3) is 1.00. The summed E-state index contributed by atoms with van der Waals surface area (Å²) in [6, 6.07) is 0. The maximum Gasteiger partial charge on any atom is 0.0531 e. The quantitative estimate of drug-likeness (QED) is 0.556. The number of hydrogen-bond acceptors (Lipinski definition) is 3. The van der Waals surface area contributed by atoms with Crippen molar-refractivity contribution < 1.29 is 15.3 Å². The summed E-state index contributed by atoms with van der Waals surface area (Å²) in [5.74, 6) is 0.441. The van der Waals surface area contributed by atoms with Crippen LogP contribution in [0.3, 0.4) is 0 Å². The molecule has 0 bridgehead atoms. The van der Waals surface area contributed by atoms with Crippen LogP contribution >= 0.6 is 0 Å². The van der Waals surface area contributed by atoms with E-state index >= 15 is 0 Å². The fourth-order valence-corrected chi connectivity index (χ4v) is 1.68. The van der Waals surface area contributed by atoms with E-state index in [1.54, 1.807) is 0 Å². The minimum absolute atomic E-state index is 0.145. The van der Waals surface area contributed by atoms with Crippen LogP contribution in [0, 0.1) is 11.3 Å². The van der Waals surface area contributed by atoms with Crippen molar-refractivity contribution >= 4 is 0 Å². The van der Waals surface area contributed by atoms with Crippen LogP contribution in [-0.4, -0.2) is 35.1 Å². The monoisotopic (exact) mass is 190 g/mol. The Balaban J connectivity index is 4.07. The van der Waals surface area contributed by atoms with Gasteiger partial charge in [-0.1, -0.05) is 26.7 Å². The van der Waals surface area contributed by atoms with E-state index in [4.69, 9.17) is 15.3 Å². The molecule has 0 aromatic heterocycles. The van der Waals surface area contributed by atoms with Gasteiger partial charge in [0.25, 0.3) is 0 Å². The van der Waals surface area contributed by atoms with E-state index in [9.17, 15) is 0 Å². The standard InChI is InChI=1S/C10H22O3/c1-3-4-9(2)5-10(6-11,7-12)8-13/h9,11-13H,3-8H2,1-2H3. The minimum Gasteiger partial charge on any atom is -0.396 e. The summed E-state index contributed by atoms with van der Waals surface area (Å²) in [6.45, 7) is 3.75. The molecule has 0 amide bonds. The molecule has 0 aromatic rings. The highest BCUT2D eigenvalue weighted by Gasteiger charge is 2.29. The first-order valence-corrected chi connectivity index (χ1v) is 4.96. The van der Waals surface area contributed by atoms with Crippen LogP contribution in [0.4, 0.5) is 0 Å². The Morgan fingerprint density at radius 2 is 1.54 bits per heavy atom. The van der Waals surface area contributed by atoms with Crippen LogP contribution in [0.1, 0.15) is 33.1 Å². The third kappa shape index (κ3) is 4.07. The first-order valence-electron chi connectivity index (χ1n) is 4.96. The molecule has 0 radical (unpaired) electrons. The van der Waals surface area contributed by atoms with Gasteiger partial charge in [0, 0.05) is 5.41 Å². The Bertz CT molecular complexity index is 113. The highest BCUT2D eigenvalue weighted by Crippen LogP contribution is 2.27. The van der Waals surface area contributed by atoms with Gasteiger partial charge in [-0.15, -0.1) is 0 Å². The lowest BCUT2D eigenvalue weighted by Gasteiger charge is -2.30. The lowest BCUT2D eigenvalue weighted by molar-refractivity contribution is -0.0112. The molecule has 13 heavy (non-hydrogen) atoms. The van der Waals surface area contributed by atoms with Crippen molar-refractivity contribution in [3.63, 3.8) is 0 Å². The van der Waals surface area contributed by atoms with E-state index in [1.165, 1.54) is 0 Å². The van der Waals surface area contributed by atoms with Crippen LogP contribution in [0.15, 0.2) is 0 Å². The topological polar surface area (TPSA) is 60.7 Å². The van der Waals surface area contributed by atoms with Crippen LogP contribution in [0.5, 0.6) is 0 Å². The minimum atomic E-state index is -0.686. The summed E-state index contributed by atoms with van der Waals surface area (Å²) >= 11 is 0. The van der Waals surface area contributed by atoms with Gasteiger partial charge in [0.15, 0.2) is 0 Å². The smallest absolute Gasteiger partial charge is 0.0531 e. The van der Waals surface area contributed by atoms with Crippen LogP contribution in [0.25, 0.3) is 0 Å². The fourth-order valence-electron chi connectivity index (χ4n) is 1.68. The van der Waals surface area contributed by atoms with Crippen molar-refractivity contribution in [2.24, 2.45) is 11.3 Å². The van der Waals surface area contributed by atoms with Crippen molar-refractivity contribution in [3.05, 3.63) is 0 Å². The third-order valence-electron chi connectivity index (χ3n) is 2.57. The Labute approximate surface area is 80.4 Å². The van der Waals surface area contributed by atoms with Crippen molar-refractivity contribution in [2.75, 3.05) is 19.8 Å². The number of rotatable bonds is 7. The molecule has 0 heterocycles. The molecule has 0 spiro atoms. The zero-order chi connectivity index (χ0) is 10.3. The van der Waals surface area contributed by atoms with Gasteiger partial charge in [-0.25, -0.2) is 0 Å². The third-order valence-corrected chi connectivity index (χ3v) is 2.57. The van der Waals surface area contributed by atoms with E-state index in [1.807, 2.05) is 0 Å². The largest absolute Gasteiger partial charge is 0.396 e. The molecule has 3 heteroatoms. The average molecular weight is 190 g/mol. The van der Waals surface area contributed by atoms with Crippen molar-refractivity contribution in [1.29, 1.82) is 0 Å². The van der Waals surface area contributed by atoms with Gasteiger partial charge >= 0.3 is 0 Å². The first kappa shape index (κ1) is 12.9. The van der Waals surface area contributed by atoms with Crippen LogP contribution in [0.2, 0.25) is 0 Å². The molecule has 1 atom stereocenters. The van der Waals surface area contributed by atoms with E-state index < -0.39 is 5.41 Å². The van der Waals surface area contributed by atoms with Crippen molar-refractivity contribution in [2.45, 2.75) is 33.1 Å². The van der Waals surface area contributed by atoms with Gasteiger partial charge in [0.2, 0.25) is 0 Å². The van der Waals surface area contributed by atoms with E-state index in [-0.39, 0.29) is 19.8 Å². The second-order valence-corrected chi connectivity index (χ2v) is 4.07. The van der Waals surface area contributed by atoms with Crippen LogP contribution in [-0.2, 0) is 0 Å². The summed E-state index contributed by atoms with van der Waals surface area (Å²) in [5, 5.41) is 27.2. The molecular weight excluding hydrogens is 168 g/mol. The van der Waals surface area contributed by atoms with E-state index in [0.717, 1.165) is 12.8 Å². The molecule has 0 fully saturated rings. The Morgan fingerprint density at radius 3 is 1.85 bits per heavy atom. The molecule has 0 rings (SSSR count). The lowest BCUT2D eigenvalue weighted by atomic mass is 9.80. The Kier molecular flexibility index (Phi) is 6.29. The molecule has 1 unspecified atom stereocenters. The van der Waals surface area contributed by atoms with Gasteiger partial charge in [-0.05, 0) is 12.3 Å². The molecule has 0 saturated carbocycles. The number of aliphatic hydroxyl groups is 3. The molecule has 0 aliphatic heterocycles. The maximum absolute atomic E-state index is 9.07.